The lowest BCUT2D eigenvalue weighted by Gasteiger charge is -2.28. The first-order valence-corrected chi connectivity index (χ1v) is 6.71. The number of rotatable bonds is 2. The van der Waals surface area contributed by atoms with Crippen LogP contribution >= 0.6 is 0 Å². The molecule has 1 saturated carbocycles. The van der Waals surface area contributed by atoms with Crippen molar-refractivity contribution >= 4 is 5.91 Å². The molecule has 0 bridgehead atoms. The van der Waals surface area contributed by atoms with Gasteiger partial charge < -0.3 is 10.2 Å². The molecule has 0 aromatic heterocycles. The standard InChI is InChI=1S/C13H19N3O/c1-2-8-3-4-15-12(8)13(17)16-10(7-14)5-9-6-11(9)16/h8-12,15H,2-6H2,1H3/t8-,9+,10-,11?,12-/m0/s1. The second-order valence-electron chi connectivity index (χ2n) is 5.58. The van der Waals surface area contributed by atoms with E-state index in [0.29, 0.717) is 17.9 Å². The molecule has 1 N–H and O–H groups in total. The second-order valence-corrected chi connectivity index (χ2v) is 5.58. The van der Waals surface area contributed by atoms with Crippen molar-refractivity contribution in [3.05, 3.63) is 0 Å². The van der Waals surface area contributed by atoms with Gasteiger partial charge in [0.05, 0.1) is 12.1 Å². The fraction of sp³-hybridized carbons (Fsp3) is 0.846. The maximum atomic E-state index is 12.5. The highest BCUT2D eigenvalue weighted by molar-refractivity contribution is 5.84. The van der Waals surface area contributed by atoms with Gasteiger partial charge in [0.2, 0.25) is 5.91 Å². The average molecular weight is 233 g/mol. The molecule has 0 spiro atoms. The third-order valence-electron chi connectivity index (χ3n) is 4.65. The largest absolute Gasteiger partial charge is 0.322 e. The number of nitrogens with one attached hydrogen (secondary N) is 1. The third-order valence-corrected chi connectivity index (χ3v) is 4.65. The third kappa shape index (κ3) is 1.64. The van der Waals surface area contributed by atoms with Gasteiger partial charge in [0.15, 0.2) is 0 Å². The number of nitriles is 1. The highest BCUT2D eigenvalue weighted by Gasteiger charge is 2.55. The van der Waals surface area contributed by atoms with Crippen LogP contribution in [0.15, 0.2) is 0 Å². The number of hydrogen-bond acceptors (Lipinski definition) is 3. The Bertz CT molecular complexity index is 375. The number of piperidine rings is 1. The van der Waals surface area contributed by atoms with E-state index in [-0.39, 0.29) is 18.0 Å². The summed E-state index contributed by atoms with van der Waals surface area (Å²) in [5, 5.41) is 12.4. The summed E-state index contributed by atoms with van der Waals surface area (Å²) in [5.41, 5.74) is 0. The van der Waals surface area contributed by atoms with Crippen LogP contribution in [0.1, 0.15) is 32.6 Å². The van der Waals surface area contributed by atoms with Crippen LogP contribution in [0, 0.1) is 23.2 Å². The molecule has 3 fully saturated rings. The molecule has 0 aromatic rings. The van der Waals surface area contributed by atoms with Gasteiger partial charge in [-0.3, -0.25) is 4.79 Å². The lowest BCUT2D eigenvalue weighted by molar-refractivity contribution is -0.135. The van der Waals surface area contributed by atoms with Crippen LogP contribution in [-0.2, 0) is 4.79 Å². The summed E-state index contributed by atoms with van der Waals surface area (Å²) in [6.45, 7) is 3.08. The van der Waals surface area contributed by atoms with Gasteiger partial charge in [-0.1, -0.05) is 13.3 Å². The predicted octanol–water partition coefficient (Wildman–Crippen LogP) is 0.887. The molecule has 1 amide bonds. The van der Waals surface area contributed by atoms with Crippen LogP contribution in [0.2, 0.25) is 0 Å². The van der Waals surface area contributed by atoms with Crippen molar-refractivity contribution in [3.8, 4) is 6.07 Å². The topological polar surface area (TPSA) is 56.1 Å². The van der Waals surface area contributed by atoms with Gasteiger partial charge in [-0.15, -0.1) is 0 Å². The second kappa shape index (κ2) is 3.99. The molecule has 4 heteroatoms. The van der Waals surface area contributed by atoms with Crippen molar-refractivity contribution in [1.82, 2.24) is 10.2 Å². The zero-order chi connectivity index (χ0) is 12.0. The number of hydrogen-bond donors (Lipinski definition) is 1. The Morgan fingerprint density at radius 1 is 1.53 bits per heavy atom. The number of likely N-dealkylation sites (tertiary alicyclic amines) is 1. The summed E-state index contributed by atoms with van der Waals surface area (Å²) in [4.78, 5) is 14.4. The minimum atomic E-state index is -0.161. The summed E-state index contributed by atoms with van der Waals surface area (Å²) >= 11 is 0. The van der Waals surface area contributed by atoms with Crippen molar-refractivity contribution in [1.29, 1.82) is 5.26 Å². The Kier molecular flexibility index (Phi) is 2.59. The monoisotopic (exact) mass is 233 g/mol. The minimum Gasteiger partial charge on any atom is -0.322 e. The van der Waals surface area contributed by atoms with Gasteiger partial charge >= 0.3 is 0 Å². The van der Waals surface area contributed by atoms with E-state index in [1.165, 1.54) is 0 Å². The molecule has 3 rings (SSSR count). The molecule has 17 heavy (non-hydrogen) atoms. The number of nitrogens with zero attached hydrogens (tertiary/aromatic N) is 2. The first kappa shape index (κ1) is 11.0. The van der Waals surface area contributed by atoms with Crippen LogP contribution in [-0.4, -0.2) is 35.5 Å². The molecule has 3 aliphatic rings. The van der Waals surface area contributed by atoms with Crippen molar-refractivity contribution in [3.63, 3.8) is 0 Å². The minimum absolute atomic E-state index is 0.0322. The summed E-state index contributed by atoms with van der Waals surface area (Å²) in [6.07, 6.45) is 4.15. The molecule has 4 nitrogen and oxygen atoms in total. The predicted molar refractivity (Wildman–Crippen MR) is 62.9 cm³/mol. The summed E-state index contributed by atoms with van der Waals surface area (Å²) < 4.78 is 0. The van der Waals surface area contributed by atoms with Crippen LogP contribution in [0.3, 0.4) is 0 Å². The maximum absolute atomic E-state index is 12.5. The molecule has 2 aliphatic heterocycles. The molecule has 1 aliphatic carbocycles. The molecular formula is C13H19N3O. The van der Waals surface area contributed by atoms with E-state index in [0.717, 1.165) is 32.2 Å². The molecule has 1 unspecified atom stereocenters. The number of fused-ring (bicyclic) bond motifs is 1. The number of carbonyl (C=O) groups excluding carboxylic acids is 1. The van der Waals surface area contributed by atoms with E-state index in [1.807, 2.05) is 4.90 Å². The lowest BCUT2D eigenvalue weighted by Crippen LogP contribution is -2.49. The van der Waals surface area contributed by atoms with E-state index in [4.69, 9.17) is 5.26 Å². The average Bonchev–Trinajstić information content (AvgIpc) is 2.82. The molecule has 92 valence electrons. The number of carbonyl (C=O) groups is 1. The van der Waals surface area contributed by atoms with E-state index in [2.05, 4.69) is 18.3 Å². The first-order valence-electron chi connectivity index (χ1n) is 6.71. The molecule has 0 aromatic carbocycles. The fourth-order valence-corrected chi connectivity index (χ4v) is 3.54. The van der Waals surface area contributed by atoms with Crippen molar-refractivity contribution in [2.45, 2.75) is 50.7 Å². The Hall–Kier alpha value is -1.08. The molecule has 2 heterocycles. The van der Waals surface area contributed by atoms with Crippen LogP contribution in [0.25, 0.3) is 0 Å². The summed E-state index contributed by atoms with van der Waals surface area (Å²) in [7, 11) is 0. The fourth-order valence-electron chi connectivity index (χ4n) is 3.54. The Morgan fingerprint density at radius 3 is 3.06 bits per heavy atom. The van der Waals surface area contributed by atoms with Gasteiger partial charge in [-0.2, -0.15) is 5.26 Å². The SMILES string of the molecule is CC[C@H]1CCN[C@@H]1C(=O)N1C2C[C@H]2C[C@H]1C#N. The summed E-state index contributed by atoms with van der Waals surface area (Å²) in [5.74, 6) is 1.26. The van der Waals surface area contributed by atoms with Gasteiger partial charge in [-0.05, 0) is 37.6 Å². The molecular weight excluding hydrogens is 214 g/mol. The molecule has 0 radical (unpaired) electrons. The van der Waals surface area contributed by atoms with Crippen molar-refractivity contribution in [2.75, 3.05) is 6.54 Å². The summed E-state index contributed by atoms with van der Waals surface area (Å²) in [6, 6.07) is 2.48. The van der Waals surface area contributed by atoms with Crippen molar-refractivity contribution < 1.29 is 4.79 Å². The number of amides is 1. The zero-order valence-corrected chi connectivity index (χ0v) is 10.2. The van der Waals surface area contributed by atoms with Crippen LogP contribution < -0.4 is 5.32 Å². The van der Waals surface area contributed by atoms with Crippen molar-refractivity contribution in [2.24, 2.45) is 11.8 Å². The van der Waals surface area contributed by atoms with Gasteiger partial charge in [0.1, 0.15) is 6.04 Å². The van der Waals surface area contributed by atoms with E-state index in [1.54, 1.807) is 0 Å². The van der Waals surface area contributed by atoms with Crippen LogP contribution in [0.5, 0.6) is 0 Å². The molecule has 5 atom stereocenters. The lowest BCUT2D eigenvalue weighted by atomic mass is 9.96. The molecule has 2 saturated heterocycles. The highest BCUT2D eigenvalue weighted by Crippen LogP contribution is 2.48. The Morgan fingerprint density at radius 2 is 2.35 bits per heavy atom. The zero-order valence-electron chi connectivity index (χ0n) is 10.2. The van der Waals surface area contributed by atoms with Gasteiger partial charge in [-0.25, -0.2) is 0 Å². The van der Waals surface area contributed by atoms with E-state index >= 15 is 0 Å². The van der Waals surface area contributed by atoms with E-state index in [9.17, 15) is 4.79 Å². The maximum Gasteiger partial charge on any atom is 0.241 e. The van der Waals surface area contributed by atoms with Gasteiger partial charge in [0, 0.05) is 6.04 Å². The Balaban J connectivity index is 1.75. The Labute approximate surface area is 102 Å². The van der Waals surface area contributed by atoms with Gasteiger partial charge in [0.25, 0.3) is 0 Å². The smallest absolute Gasteiger partial charge is 0.241 e. The first-order chi connectivity index (χ1) is 8.26. The van der Waals surface area contributed by atoms with E-state index < -0.39 is 0 Å². The highest BCUT2D eigenvalue weighted by atomic mass is 16.2. The van der Waals surface area contributed by atoms with Crippen LogP contribution in [0.4, 0.5) is 0 Å². The quantitative estimate of drug-likeness (QED) is 0.770. The normalized spacial score (nSPS) is 43.3.